The largest absolute Gasteiger partial charge is 0.449 e. The van der Waals surface area contributed by atoms with Gasteiger partial charge in [-0.1, -0.05) is 60.1 Å². The molecule has 156 valence electrons. The number of halogens is 2. The average molecular weight is 437 g/mol. The summed E-state index contributed by atoms with van der Waals surface area (Å²) in [5.74, 6) is -1.22. The van der Waals surface area contributed by atoms with Gasteiger partial charge in [0.25, 0.3) is 5.91 Å². The smallest absolute Gasteiger partial charge is 0.294 e. The van der Waals surface area contributed by atoms with Crippen LogP contribution in [0.5, 0.6) is 5.75 Å². The zero-order chi connectivity index (χ0) is 21.8. The van der Waals surface area contributed by atoms with Crippen molar-refractivity contribution in [3.05, 3.63) is 101 Å². The Bertz CT molecular complexity index is 1140. The van der Waals surface area contributed by atoms with Crippen LogP contribution >= 0.6 is 11.6 Å². The van der Waals surface area contributed by atoms with Crippen molar-refractivity contribution >= 4 is 35.2 Å². The zero-order valence-electron chi connectivity index (χ0n) is 16.3. The zero-order valence-corrected chi connectivity index (χ0v) is 17.1. The van der Waals surface area contributed by atoms with Crippen LogP contribution in [0, 0.1) is 5.82 Å². The number of ether oxygens (including phenoxy) is 1. The van der Waals surface area contributed by atoms with Gasteiger partial charge in [-0.15, -0.1) is 0 Å². The minimum atomic E-state index is -0.581. The van der Waals surface area contributed by atoms with Gasteiger partial charge in [-0.3, -0.25) is 14.5 Å². The van der Waals surface area contributed by atoms with E-state index in [-0.39, 0.29) is 28.8 Å². The van der Waals surface area contributed by atoms with Gasteiger partial charge < -0.3 is 10.1 Å². The summed E-state index contributed by atoms with van der Waals surface area (Å²) in [6.07, 6.45) is 1.25. The number of benzene rings is 3. The minimum absolute atomic E-state index is 0.0420. The van der Waals surface area contributed by atoms with Crippen LogP contribution in [0.1, 0.15) is 11.1 Å². The van der Waals surface area contributed by atoms with Crippen LogP contribution in [-0.4, -0.2) is 18.4 Å². The van der Waals surface area contributed by atoms with Crippen LogP contribution < -0.4 is 15.0 Å². The summed E-state index contributed by atoms with van der Waals surface area (Å²) in [6, 6.07) is 20.5. The maximum Gasteiger partial charge on any atom is 0.294 e. The van der Waals surface area contributed by atoms with Gasteiger partial charge in [0.1, 0.15) is 12.4 Å². The van der Waals surface area contributed by atoms with Crippen molar-refractivity contribution < 1.29 is 18.7 Å². The molecule has 1 aliphatic rings. The summed E-state index contributed by atoms with van der Waals surface area (Å²) in [4.78, 5) is 27.0. The Balaban J connectivity index is 1.59. The van der Waals surface area contributed by atoms with E-state index in [0.29, 0.717) is 18.0 Å². The van der Waals surface area contributed by atoms with Gasteiger partial charge in [0.05, 0.1) is 10.7 Å². The molecule has 31 heavy (non-hydrogen) atoms. The number of hydrogen-bond donors (Lipinski definition) is 1. The molecule has 0 bridgehead atoms. The van der Waals surface area contributed by atoms with E-state index in [1.807, 2.05) is 30.3 Å². The Hall–Kier alpha value is -3.64. The molecule has 5 nitrogen and oxygen atoms in total. The normalized spacial score (nSPS) is 14.2. The second-order valence-corrected chi connectivity index (χ2v) is 7.27. The molecule has 3 aromatic rings. The first-order valence-electron chi connectivity index (χ1n) is 9.58. The third-order valence-electron chi connectivity index (χ3n) is 4.74. The van der Waals surface area contributed by atoms with E-state index in [2.05, 4.69) is 5.32 Å². The number of carbonyl (C=O) groups excluding carboxylic acids is 2. The van der Waals surface area contributed by atoms with E-state index < -0.39 is 11.7 Å². The first-order valence-corrected chi connectivity index (χ1v) is 9.96. The van der Waals surface area contributed by atoms with Crippen LogP contribution in [0.4, 0.5) is 10.1 Å². The van der Waals surface area contributed by atoms with Crippen LogP contribution in [0.25, 0.3) is 6.08 Å². The van der Waals surface area contributed by atoms with Gasteiger partial charge in [0, 0.05) is 12.1 Å². The van der Waals surface area contributed by atoms with Crippen molar-refractivity contribution in [2.45, 2.75) is 6.54 Å². The molecule has 2 amide bonds. The Morgan fingerprint density at radius 2 is 1.77 bits per heavy atom. The van der Waals surface area contributed by atoms with Crippen molar-refractivity contribution in [3.8, 4) is 5.75 Å². The third kappa shape index (κ3) is 4.59. The highest BCUT2D eigenvalue weighted by Gasteiger charge is 2.32. The summed E-state index contributed by atoms with van der Waals surface area (Å²) in [5.41, 5.74) is 1.44. The molecule has 0 aromatic heterocycles. The van der Waals surface area contributed by atoms with Crippen molar-refractivity contribution in [3.63, 3.8) is 0 Å². The van der Waals surface area contributed by atoms with Gasteiger partial charge in [0.2, 0.25) is 5.91 Å². The molecule has 4 rings (SSSR count). The van der Waals surface area contributed by atoms with Gasteiger partial charge >= 0.3 is 0 Å². The maximum absolute atomic E-state index is 14.2. The van der Waals surface area contributed by atoms with Crippen LogP contribution in [0.3, 0.4) is 0 Å². The first kappa shape index (κ1) is 20.6. The molecule has 3 aromatic carbocycles. The highest BCUT2D eigenvalue weighted by atomic mass is 35.5. The number of nitrogens with zero attached hydrogens (tertiary/aromatic N) is 1. The van der Waals surface area contributed by atoms with Gasteiger partial charge in [-0.05, 0) is 35.9 Å². The fraction of sp³-hybridized carbons (Fsp3) is 0.0833. The van der Waals surface area contributed by atoms with E-state index in [1.165, 1.54) is 29.2 Å². The summed E-state index contributed by atoms with van der Waals surface area (Å²) in [7, 11) is 0. The lowest BCUT2D eigenvalue weighted by Gasteiger charge is -2.30. The van der Waals surface area contributed by atoms with Gasteiger partial charge in [-0.25, -0.2) is 4.39 Å². The molecule has 1 N–H and O–H groups in total. The van der Waals surface area contributed by atoms with Gasteiger partial charge in [-0.2, -0.15) is 0 Å². The number of rotatable bonds is 5. The molecule has 0 unspecified atom stereocenters. The molecule has 0 aliphatic carbocycles. The number of fused-ring (bicyclic) bond motifs is 1. The Morgan fingerprint density at radius 1 is 1.03 bits per heavy atom. The first-order chi connectivity index (χ1) is 15.0. The second kappa shape index (κ2) is 9.02. The van der Waals surface area contributed by atoms with E-state index >= 15 is 0 Å². The molecule has 1 heterocycles. The number of para-hydroxylation sites is 2. The SMILES string of the molecule is O=C(CN1C(=O)/C(=C/c2c(F)cccc2Cl)Oc2ccccc21)NCc1ccccc1. The highest BCUT2D eigenvalue weighted by Crippen LogP contribution is 2.36. The molecular weight excluding hydrogens is 419 g/mol. The minimum Gasteiger partial charge on any atom is -0.449 e. The topological polar surface area (TPSA) is 58.6 Å². The highest BCUT2D eigenvalue weighted by molar-refractivity contribution is 6.32. The quantitative estimate of drug-likeness (QED) is 0.596. The van der Waals surface area contributed by atoms with E-state index in [0.717, 1.165) is 5.56 Å². The molecule has 0 radical (unpaired) electrons. The van der Waals surface area contributed by atoms with Crippen molar-refractivity contribution in [1.82, 2.24) is 5.32 Å². The van der Waals surface area contributed by atoms with E-state index in [9.17, 15) is 14.0 Å². The Kier molecular flexibility index (Phi) is 6.00. The summed E-state index contributed by atoms with van der Waals surface area (Å²) >= 11 is 6.09. The number of nitrogens with one attached hydrogen (secondary N) is 1. The monoisotopic (exact) mass is 436 g/mol. The van der Waals surface area contributed by atoms with E-state index in [1.54, 1.807) is 24.3 Å². The fourth-order valence-corrected chi connectivity index (χ4v) is 3.41. The Labute approximate surface area is 183 Å². The van der Waals surface area contributed by atoms with Crippen molar-refractivity contribution in [1.29, 1.82) is 0 Å². The molecule has 0 saturated heterocycles. The van der Waals surface area contributed by atoms with Crippen molar-refractivity contribution in [2.75, 3.05) is 11.4 Å². The van der Waals surface area contributed by atoms with Gasteiger partial charge in [0.15, 0.2) is 11.5 Å². The third-order valence-corrected chi connectivity index (χ3v) is 5.07. The molecule has 0 saturated carbocycles. The fourth-order valence-electron chi connectivity index (χ4n) is 3.19. The maximum atomic E-state index is 14.2. The van der Waals surface area contributed by atoms with Crippen LogP contribution in [0.2, 0.25) is 5.02 Å². The molecule has 1 aliphatic heterocycles. The lowest BCUT2D eigenvalue weighted by Crippen LogP contribution is -2.44. The predicted molar refractivity (Wildman–Crippen MR) is 117 cm³/mol. The summed E-state index contributed by atoms with van der Waals surface area (Å²) in [5, 5.41) is 2.95. The molecule has 0 atom stereocenters. The predicted octanol–water partition coefficient (Wildman–Crippen LogP) is 4.56. The summed E-state index contributed by atoms with van der Waals surface area (Å²) < 4.78 is 19.9. The number of hydrogen-bond acceptors (Lipinski definition) is 3. The molecule has 0 fully saturated rings. The van der Waals surface area contributed by atoms with Crippen molar-refractivity contribution in [2.24, 2.45) is 0 Å². The number of carbonyl (C=O) groups is 2. The molecule has 7 heteroatoms. The average Bonchev–Trinajstić information content (AvgIpc) is 2.78. The summed E-state index contributed by atoms with van der Waals surface area (Å²) in [6.45, 7) is 0.127. The van der Waals surface area contributed by atoms with E-state index in [4.69, 9.17) is 16.3 Å². The second-order valence-electron chi connectivity index (χ2n) is 6.87. The van der Waals surface area contributed by atoms with Crippen LogP contribution in [-0.2, 0) is 16.1 Å². The number of amides is 2. The Morgan fingerprint density at radius 3 is 2.55 bits per heavy atom. The molecule has 0 spiro atoms. The van der Waals surface area contributed by atoms with Crippen LogP contribution in [0.15, 0.2) is 78.6 Å². The molecular formula is C24H18ClFN2O3. The lowest BCUT2D eigenvalue weighted by molar-refractivity contribution is -0.123. The number of anilines is 1. The standard InChI is InChI=1S/C24H18ClFN2O3/c25-18-9-6-10-19(26)17(18)13-22-24(30)28(20-11-4-5-12-21(20)31-22)15-23(29)27-14-16-7-2-1-3-8-16/h1-13H,14-15H2,(H,27,29)/b22-13-. The lowest BCUT2D eigenvalue weighted by atomic mass is 10.1.